The molecule has 3 rings (SSSR count). The molecule has 1 N–H and O–H groups in total. The van der Waals surface area contributed by atoms with E-state index in [1.165, 1.54) is 6.20 Å². The number of aromatic nitrogens is 4. The van der Waals surface area contributed by atoms with Crippen LogP contribution in [0.2, 0.25) is 0 Å². The van der Waals surface area contributed by atoms with Crippen LogP contribution < -0.4 is 5.32 Å². The molecule has 3 heterocycles. The Morgan fingerprint density at radius 2 is 2.17 bits per heavy atom. The zero-order valence-corrected chi connectivity index (χ0v) is 14.9. The first-order valence-corrected chi connectivity index (χ1v) is 8.47. The van der Waals surface area contributed by atoms with Crippen LogP contribution in [0.5, 0.6) is 0 Å². The maximum absolute atomic E-state index is 12.3. The van der Waals surface area contributed by atoms with Crippen LogP contribution in [-0.2, 0) is 18.3 Å². The third-order valence-electron chi connectivity index (χ3n) is 3.69. The second kappa shape index (κ2) is 6.56. The Labute approximate surface area is 143 Å². The molecule has 0 saturated carbocycles. The third-order valence-corrected chi connectivity index (χ3v) is 4.62. The van der Waals surface area contributed by atoms with Gasteiger partial charge in [-0.05, 0) is 20.8 Å². The molecule has 0 amide bonds. The number of nitrogens with one attached hydrogen (secondary N) is 1. The fourth-order valence-electron chi connectivity index (χ4n) is 2.56. The van der Waals surface area contributed by atoms with Crippen LogP contribution >= 0.6 is 11.3 Å². The zero-order chi connectivity index (χ0) is 17.3. The highest BCUT2D eigenvalue weighted by Gasteiger charge is 2.19. The first-order valence-electron chi connectivity index (χ1n) is 7.65. The fourth-order valence-corrected chi connectivity index (χ4v) is 3.39. The van der Waals surface area contributed by atoms with Gasteiger partial charge in [0.2, 0.25) is 0 Å². The summed E-state index contributed by atoms with van der Waals surface area (Å²) in [7, 11) is 1.82. The summed E-state index contributed by atoms with van der Waals surface area (Å²) in [5.41, 5.74) is 2.76. The Balaban J connectivity index is 2.00. The lowest BCUT2D eigenvalue weighted by molar-refractivity contribution is 0.0527. The van der Waals surface area contributed by atoms with Crippen molar-refractivity contribution in [2.24, 2.45) is 7.05 Å². The largest absolute Gasteiger partial charge is 0.462 e. The van der Waals surface area contributed by atoms with Crippen molar-refractivity contribution < 1.29 is 9.53 Å². The number of carbonyl (C=O) groups is 1. The highest BCUT2D eigenvalue weighted by Crippen LogP contribution is 2.27. The van der Waals surface area contributed by atoms with Gasteiger partial charge in [-0.25, -0.2) is 14.8 Å². The van der Waals surface area contributed by atoms with E-state index >= 15 is 0 Å². The van der Waals surface area contributed by atoms with Gasteiger partial charge < -0.3 is 10.1 Å². The molecule has 0 spiro atoms. The summed E-state index contributed by atoms with van der Waals surface area (Å²) in [6.07, 6.45) is 3.23. The summed E-state index contributed by atoms with van der Waals surface area (Å²) in [4.78, 5) is 22.3. The predicted octanol–water partition coefficient (Wildman–Crippen LogP) is 2.83. The van der Waals surface area contributed by atoms with Crippen LogP contribution in [0.1, 0.15) is 32.9 Å². The van der Waals surface area contributed by atoms with Crippen LogP contribution in [0.4, 0.5) is 5.69 Å². The standard InChI is InChI=1S/C16H19N5O2S/c1-5-23-16(22)12-6-18-15-11(7-19-21(15)4)14(12)17-8-13-9(2)24-10(3)20-13/h6-7H,5,8H2,1-4H3,(H,17,18). The lowest BCUT2D eigenvalue weighted by Crippen LogP contribution is -2.11. The van der Waals surface area contributed by atoms with Gasteiger partial charge in [0.25, 0.3) is 0 Å². The number of esters is 1. The SMILES string of the molecule is CCOC(=O)c1cnc2c(cnn2C)c1NCc1nc(C)sc1C. The second-order valence-electron chi connectivity index (χ2n) is 5.36. The smallest absolute Gasteiger partial charge is 0.341 e. The Bertz CT molecular complexity index is 899. The molecular formula is C16H19N5O2S. The van der Waals surface area contributed by atoms with Gasteiger partial charge in [-0.3, -0.25) is 4.68 Å². The van der Waals surface area contributed by atoms with Crippen molar-refractivity contribution in [3.05, 3.63) is 33.5 Å². The van der Waals surface area contributed by atoms with Gasteiger partial charge in [-0.1, -0.05) is 0 Å². The van der Waals surface area contributed by atoms with E-state index in [-0.39, 0.29) is 0 Å². The number of fused-ring (bicyclic) bond motifs is 1. The Hall–Kier alpha value is -2.48. The van der Waals surface area contributed by atoms with Gasteiger partial charge in [0, 0.05) is 18.1 Å². The zero-order valence-electron chi connectivity index (χ0n) is 14.1. The quantitative estimate of drug-likeness (QED) is 0.716. The number of aryl methyl sites for hydroxylation is 3. The first-order chi connectivity index (χ1) is 11.5. The van der Waals surface area contributed by atoms with Crippen molar-refractivity contribution in [2.45, 2.75) is 27.3 Å². The molecule has 7 nitrogen and oxygen atoms in total. The molecule has 0 radical (unpaired) electrons. The second-order valence-corrected chi connectivity index (χ2v) is 6.77. The summed E-state index contributed by atoms with van der Waals surface area (Å²) in [6, 6.07) is 0. The van der Waals surface area contributed by atoms with Crippen LogP contribution in [0.25, 0.3) is 11.0 Å². The van der Waals surface area contributed by atoms with Crippen LogP contribution in [-0.4, -0.2) is 32.3 Å². The van der Waals surface area contributed by atoms with Crippen LogP contribution in [0.3, 0.4) is 0 Å². The molecule has 0 aromatic carbocycles. The predicted molar refractivity (Wildman–Crippen MR) is 93.4 cm³/mol. The summed E-state index contributed by atoms with van der Waals surface area (Å²) >= 11 is 1.66. The average molecular weight is 345 g/mol. The van der Waals surface area contributed by atoms with Gasteiger partial charge in [-0.15, -0.1) is 11.3 Å². The topological polar surface area (TPSA) is 81.9 Å². The average Bonchev–Trinajstić information content (AvgIpc) is 3.07. The molecular weight excluding hydrogens is 326 g/mol. The number of anilines is 1. The van der Waals surface area contributed by atoms with E-state index in [4.69, 9.17) is 4.74 Å². The lowest BCUT2D eigenvalue weighted by Gasteiger charge is -2.12. The van der Waals surface area contributed by atoms with Crippen molar-refractivity contribution in [3.63, 3.8) is 0 Å². The maximum atomic E-state index is 12.3. The number of pyridine rings is 1. The van der Waals surface area contributed by atoms with Gasteiger partial charge in [0.05, 0.1) is 41.1 Å². The van der Waals surface area contributed by atoms with Gasteiger partial charge in [0.1, 0.15) is 5.56 Å². The molecule has 0 aliphatic rings. The van der Waals surface area contributed by atoms with Gasteiger partial charge in [0.15, 0.2) is 5.65 Å². The minimum atomic E-state index is -0.399. The van der Waals surface area contributed by atoms with Crippen molar-refractivity contribution in [1.29, 1.82) is 0 Å². The highest BCUT2D eigenvalue weighted by atomic mass is 32.1. The molecule has 0 fully saturated rings. The number of ether oxygens (including phenoxy) is 1. The van der Waals surface area contributed by atoms with Crippen molar-refractivity contribution in [2.75, 3.05) is 11.9 Å². The summed E-state index contributed by atoms with van der Waals surface area (Å²) in [5, 5.41) is 9.37. The Morgan fingerprint density at radius 1 is 1.38 bits per heavy atom. The molecule has 0 aliphatic heterocycles. The lowest BCUT2D eigenvalue weighted by atomic mass is 10.1. The highest BCUT2D eigenvalue weighted by molar-refractivity contribution is 7.11. The van der Waals surface area contributed by atoms with Crippen LogP contribution in [0, 0.1) is 13.8 Å². The van der Waals surface area contributed by atoms with E-state index in [0.29, 0.717) is 30.0 Å². The van der Waals surface area contributed by atoms with Crippen molar-refractivity contribution in [1.82, 2.24) is 19.7 Å². The van der Waals surface area contributed by atoms with E-state index in [1.54, 1.807) is 29.1 Å². The summed E-state index contributed by atoms with van der Waals surface area (Å²) in [6.45, 7) is 6.64. The molecule has 0 bridgehead atoms. The number of nitrogens with zero attached hydrogens (tertiary/aromatic N) is 4. The van der Waals surface area contributed by atoms with Crippen LogP contribution in [0.15, 0.2) is 12.4 Å². The third kappa shape index (κ3) is 2.96. The number of hydrogen-bond donors (Lipinski definition) is 1. The number of carbonyl (C=O) groups excluding carboxylic acids is 1. The van der Waals surface area contributed by atoms with E-state index in [0.717, 1.165) is 21.0 Å². The molecule has 0 unspecified atom stereocenters. The Morgan fingerprint density at radius 3 is 2.83 bits per heavy atom. The van der Waals surface area contributed by atoms with E-state index in [9.17, 15) is 4.79 Å². The molecule has 3 aromatic heterocycles. The maximum Gasteiger partial charge on any atom is 0.341 e. The minimum absolute atomic E-state index is 0.313. The summed E-state index contributed by atoms with van der Waals surface area (Å²) in [5.74, 6) is -0.399. The molecule has 24 heavy (non-hydrogen) atoms. The molecule has 0 saturated heterocycles. The number of hydrogen-bond acceptors (Lipinski definition) is 7. The molecule has 126 valence electrons. The van der Waals surface area contributed by atoms with E-state index in [2.05, 4.69) is 20.4 Å². The molecule has 0 aliphatic carbocycles. The Kier molecular flexibility index (Phi) is 4.48. The first kappa shape index (κ1) is 16.4. The number of thiazole rings is 1. The molecule has 0 atom stereocenters. The summed E-state index contributed by atoms with van der Waals surface area (Å²) < 4.78 is 6.82. The fraction of sp³-hybridized carbons (Fsp3) is 0.375. The van der Waals surface area contributed by atoms with Crippen molar-refractivity contribution in [3.8, 4) is 0 Å². The minimum Gasteiger partial charge on any atom is -0.462 e. The van der Waals surface area contributed by atoms with E-state index in [1.807, 2.05) is 20.9 Å². The molecule has 3 aromatic rings. The van der Waals surface area contributed by atoms with Crippen molar-refractivity contribution >= 4 is 34.0 Å². The monoisotopic (exact) mass is 345 g/mol. The normalized spacial score (nSPS) is 11.0. The van der Waals surface area contributed by atoms with Gasteiger partial charge in [-0.2, -0.15) is 5.10 Å². The van der Waals surface area contributed by atoms with Gasteiger partial charge >= 0.3 is 5.97 Å². The number of rotatable bonds is 5. The molecule has 8 heteroatoms. The van der Waals surface area contributed by atoms with E-state index < -0.39 is 5.97 Å².